The van der Waals surface area contributed by atoms with E-state index in [-0.39, 0.29) is 5.91 Å². The lowest BCUT2D eigenvalue weighted by Gasteiger charge is -2.07. The van der Waals surface area contributed by atoms with E-state index in [1.807, 2.05) is 6.07 Å². The molecule has 0 bridgehead atoms. The Balaban J connectivity index is 2.26. The molecule has 0 aromatic heterocycles. The molecule has 2 N–H and O–H groups in total. The van der Waals surface area contributed by atoms with E-state index in [0.29, 0.717) is 29.6 Å². The summed E-state index contributed by atoms with van der Waals surface area (Å²) >= 11 is 11.8. The molecule has 0 saturated carbocycles. The quantitative estimate of drug-likeness (QED) is 0.758. The molecular formula is C13H18Cl2N2O. The molecule has 0 aliphatic heterocycles. The summed E-state index contributed by atoms with van der Waals surface area (Å²) in [6.45, 7) is 3.86. The fourth-order valence-electron chi connectivity index (χ4n) is 1.50. The molecule has 0 aliphatic rings. The van der Waals surface area contributed by atoms with Crippen LogP contribution in [-0.4, -0.2) is 25.5 Å². The minimum Gasteiger partial charge on any atom is -0.355 e. The summed E-state index contributed by atoms with van der Waals surface area (Å²) in [6, 6.07) is 5.39. The van der Waals surface area contributed by atoms with Crippen LogP contribution in [-0.2, 0) is 11.2 Å². The van der Waals surface area contributed by atoms with E-state index in [1.165, 1.54) is 0 Å². The summed E-state index contributed by atoms with van der Waals surface area (Å²) in [7, 11) is 0. The Labute approximate surface area is 118 Å². The second-order valence-corrected chi connectivity index (χ2v) is 4.86. The van der Waals surface area contributed by atoms with Crippen LogP contribution in [0.1, 0.15) is 18.9 Å². The highest BCUT2D eigenvalue weighted by Crippen LogP contribution is 2.20. The van der Waals surface area contributed by atoms with E-state index in [0.717, 1.165) is 18.5 Å². The predicted octanol–water partition coefficient (Wildman–Crippen LogP) is 2.65. The van der Waals surface area contributed by atoms with Crippen molar-refractivity contribution in [3.63, 3.8) is 0 Å². The summed E-state index contributed by atoms with van der Waals surface area (Å²) in [5.41, 5.74) is 0.989. The van der Waals surface area contributed by atoms with Crippen molar-refractivity contribution in [2.45, 2.75) is 19.8 Å². The zero-order valence-electron chi connectivity index (χ0n) is 10.4. The fraction of sp³-hybridized carbons (Fsp3) is 0.462. The van der Waals surface area contributed by atoms with Crippen molar-refractivity contribution in [3.8, 4) is 0 Å². The maximum absolute atomic E-state index is 11.4. The van der Waals surface area contributed by atoms with Gasteiger partial charge in [0.2, 0.25) is 5.91 Å². The van der Waals surface area contributed by atoms with Crippen molar-refractivity contribution in [2.24, 2.45) is 0 Å². The van der Waals surface area contributed by atoms with Crippen LogP contribution in [0.4, 0.5) is 0 Å². The maximum Gasteiger partial charge on any atom is 0.233 e. The molecule has 1 amide bonds. The highest BCUT2D eigenvalue weighted by atomic mass is 35.5. The molecule has 0 radical (unpaired) electrons. The molecule has 0 aliphatic carbocycles. The Kier molecular flexibility index (Phi) is 7.09. The van der Waals surface area contributed by atoms with E-state index in [1.54, 1.807) is 12.1 Å². The third kappa shape index (κ3) is 5.71. The molecular weight excluding hydrogens is 271 g/mol. The van der Waals surface area contributed by atoms with Gasteiger partial charge in [0.25, 0.3) is 0 Å². The molecule has 5 heteroatoms. The average molecular weight is 289 g/mol. The van der Waals surface area contributed by atoms with Gasteiger partial charge >= 0.3 is 0 Å². The molecule has 1 aromatic rings. The van der Waals surface area contributed by atoms with Gasteiger partial charge in [-0.15, -0.1) is 0 Å². The SMILES string of the molecule is CCCNCC(=O)NCCc1ccc(Cl)cc1Cl. The van der Waals surface area contributed by atoms with Gasteiger partial charge in [-0.3, -0.25) is 4.79 Å². The number of benzene rings is 1. The van der Waals surface area contributed by atoms with E-state index < -0.39 is 0 Å². The lowest BCUT2D eigenvalue weighted by molar-refractivity contribution is -0.120. The van der Waals surface area contributed by atoms with Crippen LogP contribution in [0.5, 0.6) is 0 Å². The molecule has 0 unspecified atom stereocenters. The molecule has 0 atom stereocenters. The monoisotopic (exact) mass is 288 g/mol. The Bertz CT molecular complexity index is 397. The van der Waals surface area contributed by atoms with Crippen LogP contribution in [0.2, 0.25) is 10.0 Å². The van der Waals surface area contributed by atoms with E-state index >= 15 is 0 Å². The number of rotatable bonds is 7. The first kappa shape index (κ1) is 15.3. The molecule has 1 rings (SSSR count). The topological polar surface area (TPSA) is 41.1 Å². The van der Waals surface area contributed by atoms with Crippen LogP contribution in [0.25, 0.3) is 0 Å². The first-order valence-electron chi connectivity index (χ1n) is 6.04. The first-order chi connectivity index (χ1) is 8.63. The molecule has 0 saturated heterocycles. The Morgan fingerprint density at radius 2 is 2.06 bits per heavy atom. The summed E-state index contributed by atoms with van der Waals surface area (Å²) < 4.78 is 0. The molecule has 3 nitrogen and oxygen atoms in total. The van der Waals surface area contributed by atoms with Gasteiger partial charge in [0.15, 0.2) is 0 Å². The molecule has 18 heavy (non-hydrogen) atoms. The van der Waals surface area contributed by atoms with Gasteiger partial charge in [0.05, 0.1) is 6.54 Å². The molecule has 0 spiro atoms. The molecule has 0 heterocycles. The van der Waals surface area contributed by atoms with Gasteiger partial charge in [0, 0.05) is 16.6 Å². The van der Waals surface area contributed by atoms with Crippen molar-refractivity contribution in [1.82, 2.24) is 10.6 Å². The highest BCUT2D eigenvalue weighted by molar-refractivity contribution is 6.35. The Morgan fingerprint density at radius 3 is 2.72 bits per heavy atom. The summed E-state index contributed by atoms with van der Waals surface area (Å²) in [4.78, 5) is 11.4. The van der Waals surface area contributed by atoms with Crippen LogP contribution < -0.4 is 10.6 Å². The van der Waals surface area contributed by atoms with E-state index in [9.17, 15) is 4.79 Å². The Hall–Kier alpha value is -0.770. The summed E-state index contributed by atoms with van der Waals surface area (Å²) in [5.74, 6) is 0.00790. The van der Waals surface area contributed by atoms with Crippen LogP contribution in [0.3, 0.4) is 0 Å². The number of carbonyl (C=O) groups excluding carboxylic acids is 1. The molecule has 100 valence electrons. The summed E-state index contributed by atoms with van der Waals surface area (Å²) in [6.07, 6.45) is 1.73. The van der Waals surface area contributed by atoms with Crippen LogP contribution >= 0.6 is 23.2 Å². The first-order valence-corrected chi connectivity index (χ1v) is 6.80. The van der Waals surface area contributed by atoms with Gasteiger partial charge in [-0.25, -0.2) is 0 Å². The van der Waals surface area contributed by atoms with Crippen LogP contribution in [0, 0.1) is 0 Å². The van der Waals surface area contributed by atoms with Crippen molar-refractivity contribution < 1.29 is 4.79 Å². The van der Waals surface area contributed by atoms with Crippen LogP contribution in [0.15, 0.2) is 18.2 Å². The van der Waals surface area contributed by atoms with Gasteiger partial charge < -0.3 is 10.6 Å². The second kappa shape index (κ2) is 8.35. The van der Waals surface area contributed by atoms with Crippen molar-refractivity contribution in [2.75, 3.05) is 19.6 Å². The standard InChI is InChI=1S/C13H18Cl2N2O/c1-2-6-16-9-13(18)17-7-5-10-3-4-11(14)8-12(10)15/h3-4,8,16H,2,5-7,9H2,1H3,(H,17,18). The van der Waals surface area contributed by atoms with Crippen molar-refractivity contribution >= 4 is 29.1 Å². The highest BCUT2D eigenvalue weighted by Gasteiger charge is 2.03. The second-order valence-electron chi connectivity index (χ2n) is 4.01. The van der Waals surface area contributed by atoms with Gasteiger partial charge in [0.1, 0.15) is 0 Å². The van der Waals surface area contributed by atoms with Crippen molar-refractivity contribution in [1.29, 1.82) is 0 Å². The number of carbonyl (C=O) groups is 1. The third-order valence-electron chi connectivity index (χ3n) is 2.44. The minimum absolute atomic E-state index is 0.00790. The predicted molar refractivity (Wildman–Crippen MR) is 76.3 cm³/mol. The zero-order valence-corrected chi connectivity index (χ0v) is 11.9. The van der Waals surface area contributed by atoms with Gasteiger partial charge in [-0.2, -0.15) is 0 Å². The van der Waals surface area contributed by atoms with Gasteiger partial charge in [-0.05, 0) is 37.1 Å². The minimum atomic E-state index is 0.00790. The maximum atomic E-state index is 11.4. The largest absolute Gasteiger partial charge is 0.355 e. The molecule has 1 aromatic carbocycles. The average Bonchev–Trinajstić information content (AvgIpc) is 2.32. The number of hydrogen-bond acceptors (Lipinski definition) is 2. The lowest BCUT2D eigenvalue weighted by Crippen LogP contribution is -2.35. The fourth-order valence-corrected chi connectivity index (χ4v) is 2.01. The zero-order chi connectivity index (χ0) is 13.4. The smallest absolute Gasteiger partial charge is 0.233 e. The lowest BCUT2D eigenvalue weighted by atomic mass is 10.1. The summed E-state index contributed by atoms with van der Waals surface area (Å²) in [5, 5.41) is 7.15. The number of hydrogen-bond donors (Lipinski definition) is 2. The van der Waals surface area contributed by atoms with Gasteiger partial charge in [-0.1, -0.05) is 36.2 Å². The Morgan fingerprint density at radius 1 is 1.28 bits per heavy atom. The normalized spacial score (nSPS) is 10.4. The number of amides is 1. The van der Waals surface area contributed by atoms with E-state index in [4.69, 9.17) is 23.2 Å². The number of nitrogens with one attached hydrogen (secondary N) is 2. The third-order valence-corrected chi connectivity index (χ3v) is 3.03. The van der Waals surface area contributed by atoms with Crippen molar-refractivity contribution in [3.05, 3.63) is 33.8 Å². The molecule has 0 fully saturated rings. The van der Waals surface area contributed by atoms with E-state index in [2.05, 4.69) is 17.6 Å². The number of halogens is 2.